The van der Waals surface area contributed by atoms with Crippen molar-refractivity contribution in [3.8, 4) is 5.75 Å². The van der Waals surface area contributed by atoms with E-state index in [0.717, 1.165) is 24.0 Å². The van der Waals surface area contributed by atoms with Crippen LogP contribution < -0.4 is 20.3 Å². The molecule has 2 aliphatic rings. The van der Waals surface area contributed by atoms with Crippen molar-refractivity contribution in [2.45, 2.75) is 51.7 Å². The number of rotatable bonds is 6. The standard InChI is InChI=1S/C26H35FN6O4Si/c1-16-13-37-14-17-10-21(22(35-2)11-20(17)27)30-23-18-6-7-32(15-36-8-9-38(3,4)5)26(18)33-24(31-23)19(12-28-33)25(34)29-16/h10-12,16H,6-9,13-15H2,1-5H3,(H,29,34)(H,30,31)/t16-/m1/s1. The van der Waals surface area contributed by atoms with Gasteiger partial charge in [0.15, 0.2) is 5.65 Å². The Morgan fingerprint density at radius 2 is 2.11 bits per heavy atom. The lowest BCUT2D eigenvalue weighted by Gasteiger charge is -2.22. The molecule has 12 heteroatoms. The summed E-state index contributed by atoms with van der Waals surface area (Å²) in [5, 5.41) is 10.9. The molecular weight excluding hydrogens is 507 g/mol. The molecule has 0 fully saturated rings. The smallest absolute Gasteiger partial charge is 0.257 e. The predicted octanol–water partition coefficient (Wildman–Crippen LogP) is 3.94. The van der Waals surface area contributed by atoms with Crippen LogP contribution in [0.1, 0.15) is 28.4 Å². The average molecular weight is 543 g/mol. The summed E-state index contributed by atoms with van der Waals surface area (Å²) < 4.78 is 33.8. The van der Waals surface area contributed by atoms with E-state index in [1.54, 1.807) is 16.8 Å². The molecule has 0 unspecified atom stereocenters. The van der Waals surface area contributed by atoms with Gasteiger partial charge in [-0.25, -0.2) is 9.37 Å². The molecule has 0 saturated heterocycles. The molecule has 38 heavy (non-hydrogen) atoms. The molecule has 1 amide bonds. The summed E-state index contributed by atoms with van der Waals surface area (Å²) in [6.07, 6.45) is 2.25. The number of carbonyl (C=O) groups excluding carboxylic acids is 1. The van der Waals surface area contributed by atoms with Gasteiger partial charge in [-0.1, -0.05) is 19.6 Å². The van der Waals surface area contributed by atoms with Gasteiger partial charge in [-0.2, -0.15) is 9.61 Å². The highest BCUT2D eigenvalue weighted by Crippen LogP contribution is 2.38. The molecule has 0 aliphatic carbocycles. The lowest BCUT2D eigenvalue weighted by molar-refractivity contribution is 0.0814. The molecule has 2 aliphatic heterocycles. The summed E-state index contributed by atoms with van der Waals surface area (Å²) >= 11 is 0. The van der Waals surface area contributed by atoms with Crippen molar-refractivity contribution in [2.75, 3.05) is 43.8 Å². The van der Waals surface area contributed by atoms with E-state index in [-0.39, 0.29) is 25.2 Å². The van der Waals surface area contributed by atoms with Crippen molar-refractivity contribution < 1.29 is 23.4 Å². The third kappa shape index (κ3) is 5.33. The van der Waals surface area contributed by atoms with Crippen molar-refractivity contribution >= 4 is 37.0 Å². The largest absolute Gasteiger partial charge is 0.494 e. The van der Waals surface area contributed by atoms with E-state index in [2.05, 4.69) is 40.3 Å². The second kappa shape index (κ2) is 10.5. The van der Waals surface area contributed by atoms with Gasteiger partial charge in [0.05, 0.1) is 32.2 Å². The fourth-order valence-corrected chi connectivity index (χ4v) is 5.41. The third-order valence-electron chi connectivity index (χ3n) is 6.76. The Balaban J connectivity index is 1.59. The molecule has 5 rings (SSSR count). The number of carbonyl (C=O) groups is 1. The number of halogens is 1. The molecule has 0 radical (unpaired) electrons. The quantitative estimate of drug-likeness (QED) is 0.357. The Morgan fingerprint density at radius 1 is 1.29 bits per heavy atom. The van der Waals surface area contributed by atoms with Gasteiger partial charge in [-0.3, -0.25) is 4.79 Å². The number of nitrogens with zero attached hydrogens (tertiary/aromatic N) is 4. The van der Waals surface area contributed by atoms with Gasteiger partial charge >= 0.3 is 0 Å². The van der Waals surface area contributed by atoms with Crippen LogP contribution in [-0.4, -0.2) is 68.2 Å². The summed E-state index contributed by atoms with van der Waals surface area (Å²) in [4.78, 5) is 20.2. The van der Waals surface area contributed by atoms with Gasteiger partial charge in [0.2, 0.25) is 0 Å². The van der Waals surface area contributed by atoms with Crippen molar-refractivity contribution in [3.63, 3.8) is 0 Å². The van der Waals surface area contributed by atoms with E-state index in [1.165, 1.54) is 13.2 Å². The number of aromatic nitrogens is 3. The fourth-order valence-electron chi connectivity index (χ4n) is 4.66. The van der Waals surface area contributed by atoms with Crippen LogP contribution in [-0.2, 0) is 22.5 Å². The molecule has 1 aromatic carbocycles. The first-order valence-electron chi connectivity index (χ1n) is 12.9. The zero-order chi connectivity index (χ0) is 27.0. The molecule has 204 valence electrons. The molecular formula is C26H35FN6O4Si. The van der Waals surface area contributed by atoms with Crippen molar-refractivity contribution in [3.05, 3.63) is 40.8 Å². The molecule has 0 saturated carbocycles. The Hall–Kier alpha value is -3.22. The topological polar surface area (TPSA) is 102 Å². The monoisotopic (exact) mass is 542 g/mol. The van der Waals surface area contributed by atoms with E-state index in [0.29, 0.717) is 53.8 Å². The minimum atomic E-state index is -1.21. The average Bonchev–Trinajstić information content (AvgIpc) is 3.46. The molecule has 2 N–H and O–H groups in total. The Labute approximate surface area is 222 Å². The van der Waals surface area contributed by atoms with Crippen LogP contribution in [0.4, 0.5) is 21.7 Å². The second-order valence-corrected chi connectivity index (χ2v) is 16.7. The summed E-state index contributed by atoms with van der Waals surface area (Å²) in [5.41, 5.74) is 2.66. The molecule has 3 aromatic rings. The summed E-state index contributed by atoms with van der Waals surface area (Å²) in [5.74, 6) is 1.01. The maximum Gasteiger partial charge on any atom is 0.257 e. The number of benzene rings is 1. The zero-order valence-corrected chi connectivity index (χ0v) is 23.6. The van der Waals surface area contributed by atoms with Gasteiger partial charge in [0, 0.05) is 44.5 Å². The van der Waals surface area contributed by atoms with Gasteiger partial charge in [-0.15, -0.1) is 0 Å². The number of nitrogens with one attached hydrogen (secondary N) is 2. The highest BCUT2D eigenvalue weighted by atomic mass is 28.3. The lowest BCUT2D eigenvalue weighted by atomic mass is 10.1. The van der Waals surface area contributed by atoms with Crippen LogP contribution in [0.3, 0.4) is 0 Å². The van der Waals surface area contributed by atoms with E-state index >= 15 is 0 Å². The third-order valence-corrected chi connectivity index (χ3v) is 8.47. The Morgan fingerprint density at radius 3 is 2.87 bits per heavy atom. The number of hydrogen-bond donors (Lipinski definition) is 2. The minimum Gasteiger partial charge on any atom is -0.494 e. The SMILES string of the molecule is COc1cc(F)c2cc1Nc1nc3c(cnn3c3c1CCN3COCC[Si](C)(C)C)C(=O)N[C@H](C)COC2. The van der Waals surface area contributed by atoms with Crippen molar-refractivity contribution in [2.24, 2.45) is 0 Å². The molecule has 2 aromatic heterocycles. The highest BCUT2D eigenvalue weighted by Gasteiger charge is 2.30. The van der Waals surface area contributed by atoms with Crippen LogP contribution in [0.25, 0.3) is 5.65 Å². The molecule has 4 bridgehead atoms. The summed E-state index contributed by atoms with van der Waals surface area (Å²) in [7, 11) is 0.282. The number of ether oxygens (including phenoxy) is 3. The number of amides is 1. The molecule has 1 atom stereocenters. The zero-order valence-electron chi connectivity index (χ0n) is 22.6. The second-order valence-electron chi connectivity index (χ2n) is 11.1. The number of fused-ring (bicyclic) bond motifs is 6. The van der Waals surface area contributed by atoms with E-state index in [9.17, 15) is 9.18 Å². The minimum absolute atomic E-state index is 0.0524. The Bertz CT molecular complexity index is 1360. The molecule has 0 spiro atoms. The van der Waals surface area contributed by atoms with Gasteiger partial charge in [0.25, 0.3) is 5.91 Å². The Kier molecular flexibility index (Phi) is 7.29. The number of hydrogen-bond acceptors (Lipinski definition) is 8. The van der Waals surface area contributed by atoms with Crippen LogP contribution in [0.5, 0.6) is 5.75 Å². The summed E-state index contributed by atoms with van der Waals surface area (Å²) in [6, 6.07) is 3.81. The first kappa shape index (κ1) is 26.4. The number of methoxy groups -OCH3 is 1. The van der Waals surface area contributed by atoms with Crippen LogP contribution in [0.15, 0.2) is 18.3 Å². The van der Waals surface area contributed by atoms with Gasteiger partial charge < -0.3 is 29.7 Å². The predicted molar refractivity (Wildman–Crippen MR) is 146 cm³/mol. The van der Waals surface area contributed by atoms with Crippen molar-refractivity contribution in [1.29, 1.82) is 0 Å². The normalized spacial score (nSPS) is 17.8. The maximum absolute atomic E-state index is 14.8. The maximum atomic E-state index is 14.8. The van der Waals surface area contributed by atoms with Crippen LogP contribution in [0, 0.1) is 5.82 Å². The number of anilines is 3. The van der Waals surface area contributed by atoms with E-state index in [4.69, 9.17) is 19.2 Å². The first-order valence-corrected chi connectivity index (χ1v) is 16.6. The first-order chi connectivity index (χ1) is 18.1. The van der Waals surface area contributed by atoms with Gasteiger partial charge in [-0.05, 0) is 25.5 Å². The van der Waals surface area contributed by atoms with Gasteiger partial charge in [0.1, 0.15) is 35.5 Å². The van der Waals surface area contributed by atoms with E-state index in [1.807, 2.05) is 6.92 Å². The van der Waals surface area contributed by atoms with Crippen LogP contribution in [0.2, 0.25) is 25.7 Å². The fraction of sp³-hybridized carbons (Fsp3) is 0.500. The summed E-state index contributed by atoms with van der Waals surface area (Å²) in [6.45, 7) is 10.9. The van der Waals surface area contributed by atoms with Crippen LogP contribution >= 0.6 is 0 Å². The van der Waals surface area contributed by atoms with Crippen molar-refractivity contribution in [1.82, 2.24) is 19.9 Å². The highest BCUT2D eigenvalue weighted by molar-refractivity contribution is 6.76. The van der Waals surface area contributed by atoms with E-state index < -0.39 is 13.9 Å². The molecule has 10 nitrogen and oxygen atoms in total. The molecule has 4 heterocycles. The lowest BCUT2D eigenvalue weighted by Crippen LogP contribution is -2.36.